The van der Waals surface area contributed by atoms with Crippen LogP contribution in [0.15, 0.2) is 30.7 Å². The summed E-state index contributed by atoms with van der Waals surface area (Å²) in [7, 11) is 2.16. The van der Waals surface area contributed by atoms with E-state index in [0.717, 1.165) is 50.2 Å². The standard InChI is InChI=1S/C30H45N7O/c1-6-8-9-10-24(7-2)32-18-27-21(3)15-23(16-22(27)4)28-19-33-29(31)30(35-28)38-26-17-34-37(20-26)25-11-13-36(5)14-12-25/h15-17,19-20,24-25,32H,6-14,18H2,1-5H3,(H2,31,33). The first kappa shape index (κ1) is 28.0. The molecule has 1 fully saturated rings. The number of nitrogen functional groups attached to an aromatic ring is 1. The first-order valence-electron chi connectivity index (χ1n) is 14.2. The van der Waals surface area contributed by atoms with E-state index >= 15 is 0 Å². The largest absolute Gasteiger partial charge is 0.433 e. The zero-order valence-corrected chi connectivity index (χ0v) is 23.8. The number of anilines is 1. The van der Waals surface area contributed by atoms with E-state index < -0.39 is 0 Å². The normalized spacial score (nSPS) is 15.6. The van der Waals surface area contributed by atoms with Gasteiger partial charge in [-0.15, -0.1) is 0 Å². The summed E-state index contributed by atoms with van der Waals surface area (Å²) in [5.74, 6) is 1.20. The van der Waals surface area contributed by atoms with Crippen molar-refractivity contribution in [3.8, 4) is 22.9 Å². The molecule has 4 rings (SSSR count). The fraction of sp³-hybridized carbons (Fsp3) is 0.567. The maximum absolute atomic E-state index is 6.15. The molecule has 1 unspecified atom stereocenters. The minimum Gasteiger partial charge on any atom is -0.433 e. The molecule has 0 saturated carbocycles. The Morgan fingerprint density at radius 2 is 1.84 bits per heavy atom. The van der Waals surface area contributed by atoms with Crippen LogP contribution in [0.25, 0.3) is 11.3 Å². The molecule has 0 radical (unpaired) electrons. The predicted molar refractivity (Wildman–Crippen MR) is 154 cm³/mol. The van der Waals surface area contributed by atoms with Gasteiger partial charge in [0, 0.05) is 18.2 Å². The number of hydrogen-bond donors (Lipinski definition) is 2. The average molecular weight is 520 g/mol. The molecule has 2 aromatic heterocycles. The summed E-state index contributed by atoms with van der Waals surface area (Å²) in [5, 5.41) is 8.32. The minimum atomic E-state index is 0.267. The maximum Gasteiger partial charge on any atom is 0.263 e. The van der Waals surface area contributed by atoms with Crippen molar-refractivity contribution in [2.45, 2.75) is 91.3 Å². The van der Waals surface area contributed by atoms with Crippen molar-refractivity contribution in [2.24, 2.45) is 0 Å². The molecule has 0 spiro atoms. The summed E-state index contributed by atoms with van der Waals surface area (Å²) in [5.41, 5.74) is 11.7. The van der Waals surface area contributed by atoms with Crippen LogP contribution in [0.5, 0.6) is 11.6 Å². The molecule has 3 heterocycles. The lowest BCUT2D eigenvalue weighted by atomic mass is 9.97. The molecule has 8 nitrogen and oxygen atoms in total. The number of nitrogens with zero attached hydrogens (tertiary/aromatic N) is 5. The van der Waals surface area contributed by atoms with Gasteiger partial charge < -0.3 is 20.7 Å². The summed E-state index contributed by atoms with van der Waals surface area (Å²) >= 11 is 0. The Hall–Kier alpha value is -2.97. The topological polar surface area (TPSA) is 94.1 Å². The molecule has 0 amide bonds. The fourth-order valence-electron chi connectivity index (χ4n) is 5.30. The molecule has 3 aromatic rings. The number of hydrogen-bond acceptors (Lipinski definition) is 7. The van der Waals surface area contributed by atoms with Crippen LogP contribution in [0.2, 0.25) is 0 Å². The van der Waals surface area contributed by atoms with Crippen molar-refractivity contribution in [3.05, 3.63) is 47.4 Å². The van der Waals surface area contributed by atoms with Crippen LogP contribution < -0.4 is 15.8 Å². The van der Waals surface area contributed by atoms with Gasteiger partial charge in [-0.3, -0.25) is 4.68 Å². The summed E-state index contributed by atoms with van der Waals surface area (Å²) in [6.07, 6.45) is 13.8. The van der Waals surface area contributed by atoms with Crippen LogP contribution >= 0.6 is 0 Å². The highest BCUT2D eigenvalue weighted by Crippen LogP contribution is 2.30. The van der Waals surface area contributed by atoms with Gasteiger partial charge in [-0.25, -0.2) is 9.97 Å². The summed E-state index contributed by atoms with van der Waals surface area (Å²) in [4.78, 5) is 11.5. The lowest BCUT2D eigenvalue weighted by Crippen LogP contribution is -2.31. The molecular weight excluding hydrogens is 474 g/mol. The molecule has 206 valence electrons. The van der Waals surface area contributed by atoms with Crippen molar-refractivity contribution in [3.63, 3.8) is 0 Å². The lowest BCUT2D eigenvalue weighted by Gasteiger charge is -2.28. The monoisotopic (exact) mass is 519 g/mol. The Kier molecular flexibility index (Phi) is 9.74. The number of nitrogens with one attached hydrogen (secondary N) is 1. The number of rotatable bonds is 12. The second kappa shape index (κ2) is 13.2. The molecule has 1 aromatic carbocycles. The number of ether oxygens (including phenoxy) is 1. The Morgan fingerprint density at radius 3 is 2.53 bits per heavy atom. The van der Waals surface area contributed by atoms with Gasteiger partial charge in [0.2, 0.25) is 0 Å². The van der Waals surface area contributed by atoms with Crippen molar-refractivity contribution >= 4 is 5.82 Å². The van der Waals surface area contributed by atoms with E-state index in [0.29, 0.717) is 23.7 Å². The number of unbranched alkanes of at least 4 members (excludes halogenated alkanes) is 2. The number of aryl methyl sites for hydroxylation is 2. The van der Waals surface area contributed by atoms with Crippen LogP contribution in [-0.2, 0) is 6.54 Å². The van der Waals surface area contributed by atoms with Crippen molar-refractivity contribution in [1.29, 1.82) is 0 Å². The number of aromatic nitrogens is 4. The number of nitrogens with two attached hydrogens (primary N) is 1. The first-order chi connectivity index (χ1) is 18.4. The molecule has 3 N–H and O–H groups in total. The van der Waals surface area contributed by atoms with Crippen molar-refractivity contribution in [2.75, 3.05) is 25.9 Å². The Labute approximate surface area is 228 Å². The van der Waals surface area contributed by atoms with Crippen LogP contribution in [0, 0.1) is 13.8 Å². The number of piperidine rings is 1. The predicted octanol–water partition coefficient (Wildman–Crippen LogP) is 6.05. The summed E-state index contributed by atoms with van der Waals surface area (Å²) in [6.45, 7) is 11.9. The van der Waals surface area contributed by atoms with Crippen molar-refractivity contribution < 1.29 is 4.74 Å². The molecule has 1 aliphatic heterocycles. The SMILES string of the molecule is CCCCCC(CC)NCc1c(C)cc(-c2cnc(N)c(Oc3cnn(C4CCN(C)CC4)c3)n2)cc1C. The summed E-state index contributed by atoms with van der Waals surface area (Å²) in [6, 6.07) is 5.32. The number of benzene rings is 1. The van der Waals surface area contributed by atoms with Gasteiger partial charge >= 0.3 is 0 Å². The lowest BCUT2D eigenvalue weighted by molar-refractivity contribution is 0.212. The van der Waals surface area contributed by atoms with Gasteiger partial charge in [0.25, 0.3) is 5.88 Å². The van der Waals surface area contributed by atoms with E-state index in [9.17, 15) is 0 Å². The van der Waals surface area contributed by atoms with Gasteiger partial charge in [-0.2, -0.15) is 5.10 Å². The highest BCUT2D eigenvalue weighted by atomic mass is 16.5. The van der Waals surface area contributed by atoms with Gasteiger partial charge in [-0.1, -0.05) is 33.1 Å². The Morgan fingerprint density at radius 1 is 1.11 bits per heavy atom. The van der Waals surface area contributed by atoms with E-state index in [1.165, 1.54) is 42.4 Å². The maximum atomic E-state index is 6.15. The second-order valence-electron chi connectivity index (χ2n) is 10.8. The Balaban J connectivity index is 1.45. The zero-order chi connectivity index (χ0) is 27.1. The van der Waals surface area contributed by atoms with Crippen LogP contribution in [0.4, 0.5) is 5.82 Å². The van der Waals surface area contributed by atoms with Crippen LogP contribution in [0.3, 0.4) is 0 Å². The molecule has 0 aliphatic carbocycles. The van der Waals surface area contributed by atoms with E-state index in [-0.39, 0.29) is 5.82 Å². The second-order valence-corrected chi connectivity index (χ2v) is 10.8. The van der Waals surface area contributed by atoms with Gasteiger partial charge in [0.15, 0.2) is 11.6 Å². The molecule has 38 heavy (non-hydrogen) atoms. The highest BCUT2D eigenvalue weighted by Gasteiger charge is 2.20. The third kappa shape index (κ3) is 7.11. The molecule has 1 atom stereocenters. The fourth-order valence-corrected chi connectivity index (χ4v) is 5.30. The minimum absolute atomic E-state index is 0.267. The smallest absolute Gasteiger partial charge is 0.263 e. The van der Waals surface area contributed by atoms with Crippen LogP contribution in [0.1, 0.15) is 81.5 Å². The van der Waals surface area contributed by atoms with E-state index in [4.69, 9.17) is 15.5 Å². The van der Waals surface area contributed by atoms with Crippen LogP contribution in [-0.4, -0.2) is 50.8 Å². The third-order valence-corrected chi connectivity index (χ3v) is 7.83. The van der Waals surface area contributed by atoms with Gasteiger partial charge in [0.05, 0.1) is 30.3 Å². The van der Waals surface area contributed by atoms with E-state index in [1.54, 1.807) is 12.4 Å². The molecule has 1 saturated heterocycles. The van der Waals surface area contributed by atoms with E-state index in [2.05, 4.69) is 67.2 Å². The zero-order valence-electron chi connectivity index (χ0n) is 23.8. The number of likely N-dealkylation sites (tertiary alicyclic amines) is 1. The van der Waals surface area contributed by atoms with Crippen molar-refractivity contribution in [1.82, 2.24) is 30.0 Å². The average Bonchev–Trinajstić information content (AvgIpc) is 3.37. The Bertz CT molecular complexity index is 1160. The highest BCUT2D eigenvalue weighted by molar-refractivity contribution is 5.64. The van der Waals surface area contributed by atoms with Gasteiger partial charge in [0.1, 0.15) is 0 Å². The summed E-state index contributed by atoms with van der Waals surface area (Å²) < 4.78 is 8.07. The molecular formula is C30H45N7O. The molecule has 0 bridgehead atoms. The molecule has 1 aliphatic rings. The third-order valence-electron chi connectivity index (χ3n) is 7.83. The van der Waals surface area contributed by atoms with E-state index in [1.807, 2.05) is 10.9 Å². The first-order valence-corrected chi connectivity index (χ1v) is 14.2. The molecule has 8 heteroatoms. The van der Waals surface area contributed by atoms with Gasteiger partial charge in [-0.05, 0) is 88.5 Å². The quantitative estimate of drug-likeness (QED) is 0.281.